The molecule has 32 heavy (non-hydrogen) atoms. The number of thioether (sulfide) groups is 1. The third kappa shape index (κ3) is 4.94. The number of piperidine rings is 1. The zero-order chi connectivity index (χ0) is 23.4. The first-order chi connectivity index (χ1) is 15.3. The Bertz CT molecular complexity index is 1030. The third-order valence-corrected chi connectivity index (χ3v) is 7.31. The third-order valence-electron chi connectivity index (χ3n) is 5.93. The van der Waals surface area contributed by atoms with Crippen molar-refractivity contribution in [2.75, 3.05) is 24.5 Å². The van der Waals surface area contributed by atoms with E-state index in [1.54, 1.807) is 9.47 Å². The summed E-state index contributed by atoms with van der Waals surface area (Å²) < 4.78 is 2.33. The van der Waals surface area contributed by atoms with Gasteiger partial charge in [-0.05, 0) is 50.2 Å². The molecule has 0 unspecified atom stereocenters. The first-order valence-corrected chi connectivity index (χ1v) is 12.7. The van der Waals surface area contributed by atoms with Gasteiger partial charge in [0.25, 0.3) is 11.5 Å². The van der Waals surface area contributed by atoms with Crippen LogP contribution in [0.1, 0.15) is 69.6 Å². The number of unbranched alkanes of at least 4 members (excludes halogenated alkanes) is 1. The van der Waals surface area contributed by atoms with Crippen molar-refractivity contribution in [3.63, 3.8) is 0 Å². The number of carbonyl (C=O) groups excluding carboxylic acids is 1. The highest BCUT2D eigenvalue weighted by molar-refractivity contribution is 8.26. The van der Waals surface area contributed by atoms with Gasteiger partial charge in [0.2, 0.25) is 0 Å². The molecule has 2 aliphatic heterocycles. The minimum absolute atomic E-state index is 0.0949. The smallest absolute Gasteiger partial charge is 0.270 e. The van der Waals surface area contributed by atoms with E-state index in [2.05, 4.69) is 31.7 Å². The van der Waals surface area contributed by atoms with Gasteiger partial charge in [0.1, 0.15) is 21.8 Å². The number of rotatable bonds is 7. The van der Waals surface area contributed by atoms with Crippen molar-refractivity contribution in [1.29, 1.82) is 5.26 Å². The zero-order valence-corrected chi connectivity index (χ0v) is 21.1. The Balaban J connectivity index is 2.20. The van der Waals surface area contributed by atoms with Crippen LogP contribution < -0.4 is 10.5 Å². The number of hydrogen-bond donors (Lipinski definition) is 0. The fourth-order valence-electron chi connectivity index (χ4n) is 4.27. The van der Waals surface area contributed by atoms with E-state index < -0.39 is 0 Å². The molecule has 0 atom stereocenters. The second-order valence-corrected chi connectivity index (χ2v) is 10.6. The molecule has 172 valence electrons. The molecule has 1 aromatic rings. The molecule has 1 aromatic heterocycles. The van der Waals surface area contributed by atoms with Crippen molar-refractivity contribution in [2.45, 2.75) is 66.3 Å². The molecule has 2 aliphatic rings. The van der Waals surface area contributed by atoms with Crippen LogP contribution in [0.3, 0.4) is 0 Å². The Morgan fingerprint density at radius 1 is 1.22 bits per heavy atom. The maximum Gasteiger partial charge on any atom is 0.270 e. The van der Waals surface area contributed by atoms with E-state index in [-0.39, 0.29) is 17.0 Å². The molecule has 0 aromatic carbocycles. The Morgan fingerprint density at radius 3 is 2.50 bits per heavy atom. The van der Waals surface area contributed by atoms with Crippen molar-refractivity contribution < 1.29 is 4.79 Å². The van der Waals surface area contributed by atoms with Gasteiger partial charge in [-0.25, -0.2) is 0 Å². The summed E-state index contributed by atoms with van der Waals surface area (Å²) in [5, 5.41) is 9.77. The summed E-state index contributed by atoms with van der Waals surface area (Å²) in [7, 11) is 0. The Morgan fingerprint density at radius 2 is 1.91 bits per heavy atom. The summed E-state index contributed by atoms with van der Waals surface area (Å²) >= 11 is 6.79. The van der Waals surface area contributed by atoms with E-state index in [4.69, 9.17) is 12.2 Å². The van der Waals surface area contributed by atoms with Crippen LogP contribution in [0.5, 0.6) is 0 Å². The molecule has 0 saturated carbocycles. The molecular formula is C24H32N4O2S2. The van der Waals surface area contributed by atoms with E-state index in [1.807, 2.05) is 13.0 Å². The van der Waals surface area contributed by atoms with Crippen LogP contribution in [0.4, 0.5) is 5.82 Å². The highest BCUT2D eigenvalue weighted by atomic mass is 32.2. The lowest BCUT2D eigenvalue weighted by atomic mass is 10.0. The standard InChI is InChI=1S/C24H32N4O2S2/c1-5-6-12-27-21(26-10-8-7-9-11-26)18(17(4)19(14-25)22(27)29)13-20-23(30)28(15-16(2)3)24(31)32-20/h13,16H,5-12,15H2,1-4H3/b20-13+. The van der Waals surface area contributed by atoms with Crippen LogP contribution in [0, 0.1) is 24.2 Å². The summed E-state index contributed by atoms with van der Waals surface area (Å²) in [5.41, 5.74) is 1.36. The van der Waals surface area contributed by atoms with Gasteiger partial charge in [-0.1, -0.05) is 51.2 Å². The van der Waals surface area contributed by atoms with Crippen molar-refractivity contribution in [2.24, 2.45) is 5.92 Å². The fraction of sp³-hybridized carbons (Fsp3) is 0.583. The Hall–Kier alpha value is -2.11. The van der Waals surface area contributed by atoms with Gasteiger partial charge in [0, 0.05) is 31.7 Å². The van der Waals surface area contributed by atoms with E-state index in [1.165, 1.54) is 18.2 Å². The quantitative estimate of drug-likeness (QED) is 0.424. The molecule has 8 heteroatoms. The van der Waals surface area contributed by atoms with Crippen LogP contribution >= 0.6 is 24.0 Å². The lowest BCUT2D eigenvalue weighted by Crippen LogP contribution is -2.37. The maximum absolute atomic E-state index is 13.3. The largest absolute Gasteiger partial charge is 0.357 e. The summed E-state index contributed by atoms with van der Waals surface area (Å²) in [5.74, 6) is 1.06. The number of hydrogen-bond acceptors (Lipinski definition) is 6. The molecule has 0 bridgehead atoms. The predicted molar refractivity (Wildman–Crippen MR) is 136 cm³/mol. The summed E-state index contributed by atoms with van der Waals surface area (Å²) in [6.07, 6.45) is 6.97. The average molecular weight is 473 g/mol. The number of anilines is 1. The van der Waals surface area contributed by atoms with Gasteiger partial charge in [-0.2, -0.15) is 5.26 Å². The van der Waals surface area contributed by atoms with Gasteiger partial charge in [0.15, 0.2) is 0 Å². The number of pyridine rings is 1. The number of aromatic nitrogens is 1. The van der Waals surface area contributed by atoms with Crippen LogP contribution in [0.2, 0.25) is 0 Å². The van der Waals surface area contributed by atoms with Gasteiger partial charge in [0.05, 0.1) is 4.91 Å². The van der Waals surface area contributed by atoms with Crippen LogP contribution in [-0.4, -0.2) is 39.3 Å². The van der Waals surface area contributed by atoms with Gasteiger partial charge >= 0.3 is 0 Å². The van der Waals surface area contributed by atoms with E-state index in [9.17, 15) is 14.9 Å². The van der Waals surface area contributed by atoms with E-state index in [0.717, 1.165) is 50.2 Å². The predicted octanol–water partition coefficient (Wildman–Crippen LogP) is 4.68. The monoisotopic (exact) mass is 472 g/mol. The van der Waals surface area contributed by atoms with Crippen LogP contribution in [0.15, 0.2) is 9.70 Å². The first kappa shape index (κ1) is 24.5. The number of nitriles is 1. The Labute approximate surface area is 200 Å². The van der Waals surface area contributed by atoms with Crippen LogP contribution in [0.25, 0.3) is 6.08 Å². The molecular weight excluding hydrogens is 440 g/mol. The summed E-state index contributed by atoms with van der Waals surface area (Å²) in [4.78, 5) is 30.9. The van der Waals surface area contributed by atoms with Crippen LogP contribution in [-0.2, 0) is 11.3 Å². The molecule has 6 nitrogen and oxygen atoms in total. The number of nitrogens with zero attached hydrogens (tertiary/aromatic N) is 4. The minimum Gasteiger partial charge on any atom is -0.357 e. The second-order valence-electron chi connectivity index (χ2n) is 8.89. The van der Waals surface area contributed by atoms with Gasteiger partial charge in [-0.3, -0.25) is 19.1 Å². The summed E-state index contributed by atoms with van der Waals surface area (Å²) in [6, 6.07) is 2.12. The molecule has 1 amide bonds. The SMILES string of the molecule is CCCCn1c(N2CCCCC2)c(/C=C2/SC(=S)N(CC(C)C)C2=O)c(C)c(C#N)c1=O. The first-order valence-electron chi connectivity index (χ1n) is 11.5. The molecule has 0 aliphatic carbocycles. The normalized spacial score (nSPS) is 18.2. The fourth-order valence-corrected chi connectivity index (χ4v) is 5.52. The topological polar surface area (TPSA) is 69.3 Å². The molecule has 0 radical (unpaired) electrons. The lowest BCUT2D eigenvalue weighted by Gasteiger charge is -2.33. The number of carbonyl (C=O) groups is 1. The second kappa shape index (κ2) is 10.7. The molecule has 3 heterocycles. The number of thiocarbonyl (C=S) groups is 1. The van der Waals surface area contributed by atoms with Crippen molar-refractivity contribution in [3.05, 3.63) is 31.9 Å². The lowest BCUT2D eigenvalue weighted by molar-refractivity contribution is -0.122. The van der Waals surface area contributed by atoms with Gasteiger partial charge < -0.3 is 4.90 Å². The van der Waals surface area contributed by atoms with Gasteiger partial charge in [-0.15, -0.1) is 0 Å². The molecule has 3 rings (SSSR count). The molecule has 0 spiro atoms. The maximum atomic E-state index is 13.3. The molecule has 2 fully saturated rings. The van der Waals surface area contributed by atoms with Crippen molar-refractivity contribution in [3.8, 4) is 6.07 Å². The van der Waals surface area contributed by atoms with E-state index >= 15 is 0 Å². The zero-order valence-electron chi connectivity index (χ0n) is 19.4. The van der Waals surface area contributed by atoms with Crippen molar-refractivity contribution >= 4 is 46.1 Å². The molecule has 2 saturated heterocycles. The number of amides is 1. The highest BCUT2D eigenvalue weighted by Gasteiger charge is 2.33. The van der Waals surface area contributed by atoms with Crippen molar-refractivity contribution in [1.82, 2.24) is 9.47 Å². The highest BCUT2D eigenvalue weighted by Crippen LogP contribution is 2.36. The minimum atomic E-state index is -0.233. The average Bonchev–Trinajstić information content (AvgIpc) is 3.02. The summed E-state index contributed by atoms with van der Waals surface area (Å²) in [6.45, 7) is 10.9. The van der Waals surface area contributed by atoms with E-state index in [0.29, 0.717) is 33.8 Å². The molecule has 0 N–H and O–H groups in total. The Kier molecular flexibility index (Phi) is 8.18.